The molecule has 3 rings (SSSR count). The highest BCUT2D eigenvalue weighted by Crippen LogP contribution is 2.41. The number of aromatic nitrogens is 3. The van der Waals surface area contributed by atoms with Crippen LogP contribution < -0.4 is 5.84 Å². The first kappa shape index (κ1) is 17.3. The molecule has 4 N–H and O–H groups in total. The standard InChI is InChI=1S/C16H11Br2N5O2/c17-10-6-9(14(24)12(18)15(10)25)13(22-19)16-21-11(7-20-23-16)8-4-2-1-3-5-8/h1-7,24-25H,19H2/b22-13+. The summed E-state index contributed by atoms with van der Waals surface area (Å²) in [5.74, 6) is 5.27. The molecule has 0 saturated carbocycles. The molecule has 0 amide bonds. The second-order valence-corrected chi connectivity index (χ2v) is 6.57. The predicted molar refractivity (Wildman–Crippen MR) is 100 cm³/mol. The van der Waals surface area contributed by atoms with Gasteiger partial charge in [0.2, 0.25) is 5.82 Å². The molecule has 9 heteroatoms. The van der Waals surface area contributed by atoms with Crippen molar-refractivity contribution < 1.29 is 10.2 Å². The Bertz CT molecular complexity index is 964. The largest absolute Gasteiger partial charge is 0.506 e. The van der Waals surface area contributed by atoms with Gasteiger partial charge in [0, 0.05) is 5.56 Å². The third-order valence-corrected chi connectivity index (χ3v) is 4.75. The van der Waals surface area contributed by atoms with Gasteiger partial charge in [0.1, 0.15) is 21.7 Å². The Morgan fingerprint density at radius 3 is 2.48 bits per heavy atom. The quantitative estimate of drug-likeness (QED) is 0.311. The summed E-state index contributed by atoms with van der Waals surface area (Å²) in [5, 5.41) is 31.8. The second-order valence-electron chi connectivity index (χ2n) is 4.93. The van der Waals surface area contributed by atoms with Gasteiger partial charge in [0.25, 0.3) is 0 Å². The lowest BCUT2D eigenvalue weighted by Crippen LogP contribution is -2.13. The van der Waals surface area contributed by atoms with Gasteiger partial charge in [-0.1, -0.05) is 30.3 Å². The molecule has 0 fully saturated rings. The van der Waals surface area contributed by atoms with E-state index >= 15 is 0 Å². The Labute approximate surface area is 159 Å². The van der Waals surface area contributed by atoms with Gasteiger partial charge >= 0.3 is 0 Å². The van der Waals surface area contributed by atoms with E-state index in [4.69, 9.17) is 5.84 Å². The minimum absolute atomic E-state index is 0.102. The summed E-state index contributed by atoms with van der Waals surface area (Å²) < 4.78 is 0.450. The zero-order valence-electron chi connectivity index (χ0n) is 12.6. The molecule has 7 nitrogen and oxygen atoms in total. The fraction of sp³-hybridized carbons (Fsp3) is 0. The van der Waals surface area contributed by atoms with Crippen LogP contribution in [0.25, 0.3) is 11.3 Å². The number of nitrogens with zero attached hydrogens (tertiary/aromatic N) is 4. The maximum atomic E-state index is 10.3. The number of nitrogens with two attached hydrogens (primary N) is 1. The fourth-order valence-corrected chi connectivity index (χ4v) is 3.30. The van der Waals surface area contributed by atoms with E-state index in [1.54, 1.807) is 0 Å². The van der Waals surface area contributed by atoms with Crippen LogP contribution in [0.15, 0.2) is 56.6 Å². The van der Waals surface area contributed by atoms with Gasteiger partial charge in [-0.05, 0) is 37.9 Å². The van der Waals surface area contributed by atoms with E-state index in [-0.39, 0.29) is 33.1 Å². The summed E-state index contributed by atoms with van der Waals surface area (Å²) in [6.07, 6.45) is 1.52. The molecule has 126 valence electrons. The lowest BCUT2D eigenvalue weighted by Gasteiger charge is -2.11. The Balaban J connectivity index is 2.13. The molecule has 0 atom stereocenters. The molecule has 2 aromatic carbocycles. The maximum absolute atomic E-state index is 10.3. The monoisotopic (exact) mass is 463 g/mol. The molecule has 0 radical (unpaired) electrons. The van der Waals surface area contributed by atoms with Crippen molar-refractivity contribution in [1.29, 1.82) is 0 Å². The molecule has 0 aliphatic carbocycles. The van der Waals surface area contributed by atoms with E-state index in [2.05, 4.69) is 52.1 Å². The molecule has 0 bridgehead atoms. The first-order chi connectivity index (χ1) is 12.0. The van der Waals surface area contributed by atoms with Crippen LogP contribution in [0.5, 0.6) is 11.5 Å². The lowest BCUT2D eigenvalue weighted by molar-refractivity contribution is 0.441. The van der Waals surface area contributed by atoms with E-state index in [1.165, 1.54) is 12.3 Å². The SMILES string of the molecule is N/N=C(/c1nncc(-c2ccccc2)n1)c1cc(Br)c(O)c(Br)c1O. The smallest absolute Gasteiger partial charge is 0.203 e. The average molecular weight is 465 g/mol. The number of phenolic OH excluding ortho intramolecular Hbond substituents is 2. The van der Waals surface area contributed by atoms with Crippen LogP contribution in [0, 0.1) is 0 Å². The highest BCUT2D eigenvalue weighted by molar-refractivity contribution is 9.11. The number of phenols is 2. The van der Waals surface area contributed by atoms with Crippen molar-refractivity contribution in [3.05, 3.63) is 62.9 Å². The van der Waals surface area contributed by atoms with Crippen molar-refractivity contribution in [2.45, 2.75) is 0 Å². The third-order valence-electron chi connectivity index (χ3n) is 3.39. The Hall–Kier alpha value is -2.52. The molecule has 0 aliphatic heterocycles. The predicted octanol–water partition coefficient (Wildman–Crippen LogP) is 3.19. The number of hydrogen-bond acceptors (Lipinski definition) is 7. The van der Waals surface area contributed by atoms with Gasteiger partial charge in [-0.25, -0.2) is 4.98 Å². The average Bonchev–Trinajstić information content (AvgIpc) is 2.65. The van der Waals surface area contributed by atoms with E-state index < -0.39 is 0 Å². The van der Waals surface area contributed by atoms with E-state index in [9.17, 15) is 10.2 Å². The van der Waals surface area contributed by atoms with Gasteiger partial charge in [0.05, 0.1) is 21.9 Å². The molecule has 0 aliphatic rings. The Kier molecular flexibility index (Phi) is 4.95. The van der Waals surface area contributed by atoms with Crippen molar-refractivity contribution in [3.8, 4) is 22.8 Å². The summed E-state index contributed by atoms with van der Waals surface area (Å²) in [4.78, 5) is 4.42. The van der Waals surface area contributed by atoms with Gasteiger partial charge in [-0.15, -0.1) is 5.10 Å². The molecular weight excluding hydrogens is 454 g/mol. The summed E-state index contributed by atoms with van der Waals surface area (Å²) in [6.45, 7) is 0. The normalized spacial score (nSPS) is 11.5. The number of halogens is 2. The van der Waals surface area contributed by atoms with Crippen LogP contribution in [-0.2, 0) is 0 Å². The minimum Gasteiger partial charge on any atom is -0.506 e. The summed E-state index contributed by atoms with van der Waals surface area (Å²) >= 11 is 6.33. The van der Waals surface area contributed by atoms with E-state index in [1.807, 2.05) is 30.3 Å². The maximum Gasteiger partial charge on any atom is 0.203 e. The van der Waals surface area contributed by atoms with Gasteiger partial charge < -0.3 is 16.1 Å². The highest BCUT2D eigenvalue weighted by Gasteiger charge is 2.21. The van der Waals surface area contributed by atoms with Crippen LogP contribution in [0.4, 0.5) is 0 Å². The second kappa shape index (κ2) is 7.16. The van der Waals surface area contributed by atoms with Crippen LogP contribution in [-0.4, -0.2) is 31.1 Å². The summed E-state index contributed by atoms with van der Waals surface area (Å²) in [6, 6.07) is 10.9. The fourth-order valence-electron chi connectivity index (χ4n) is 2.18. The summed E-state index contributed by atoms with van der Waals surface area (Å²) in [5.41, 5.74) is 1.81. The van der Waals surface area contributed by atoms with Gasteiger partial charge in [0.15, 0.2) is 0 Å². The lowest BCUT2D eigenvalue weighted by atomic mass is 10.1. The van der Waals surface area contributed by atoms with E-state index in [0.717, 1.165) is 5.56 Å². The first-order valence-electron chi connectivity index (χ1n) is 6.96. The van der Waals surface area contributed by atoms with Crippen LogP contribution >= 0.6 is 31.9 Å². The Morgan fingerprint density at radius 2 is 1.80 bits per heavy atom. The number of hydrogen-bond donors (Lipinski definition) is 3. The number of benzene rings is 2. The van der Waals surface area contributed by atoms with Crippen molar-refractivity contribution in [2.75, 3.05) is 0 Å². The molecule has 0 spiro atoms. The molecule has 0 saturated heterocycles. The summed E-state index contributed by atoms with van der Waals surface area (Å²) in [7, 11) is 0. The van der Waals surface area contributed by atoms with Crippen molar-refractivity contribution in [3.63, 3.8) is 0 Å². The molecule has 1 aromatic heterocycles. The molecule has 25 heavy (non-hydrogen) atoms. The molecule has 3 aromatic rings. The van der Waals surface area contributed by atoms with Crippen molar-refractivity contribution in [1.82, 2.24) is 15.2 Å². The van der Waals surface area contributed by atoms with Crippen LogP contribution in [0.2, 0.25) is 0 Å². The van der Waals surface area contributed by atoms with Crippen molar-refractivity contribution in [2.24, 2.45) is 10.9 Å². The zero-order chi connectivity index (χ0) is 18.0. The zero-order valence-corrected chi connectivity index (χ0v) is 15.7. The number of rotatable bonds is 3. The minimum atomic E-state index is -0.237. The van der Waals surface area contributed by atoms with Crippen LogP contribution in [0.1, 0.15) is 11.4 Å². The van der Waals surface area contributed by atoms with Gasteiger partial charge in [-0.3, -0.25) is 0 Å². The number of aromatic hydroxyl groups is 2. The number of hydrazone groups is 1. The van der Waals surface area contributed by atoms with Crippen molar-refractivity contribution >= 4 is 37.6 Å². The molecular formula is C16H11Br2N5O2. The van der Waals surface area contributed by atoms with Crippen LogP contribution in [0.3, 0.4) is 0 Å². The molecule has 1 heterocycles. The molecule has 0 unspecified atom stereocenters. The Morgan fingerprint density at radius 1 is 1.08 bits per heavy atom. The van der Waals surface area contributed by atoms with E-state index in [0.29, 0.717) is 10.2 Å². The third kappa shape index (κ3) is 3.33. The topological polar surface area (TPSA) is 118 Å². The highest BCUT2D eigenvalue weighted by atomic mass is 79.9. The van der Waals surface area contributed by atoms with Gasteiger partial charge in [-0.2, -0.15) is 10.2 Å². The first-order valence-corrected chi connectivity index (χ1v) is 8.55.